The third-order valence-corrected chi connectivity index (χ3v) is 3.97. The number of aromatic nitrogens is 1. The molecule has 0 atom stereocenters. The smallest absolute Gasteiger partial charge is 0.259 e. The molecule has 0 radical (unpaired) electrons. The van der Waals surface area contributed by atoms with Gasteiger partial charge < -0.3 is 15.0 Å². The molecule has 0 saturated carbocycles. The van der Waals surface area contributed by atoms with Crippen LogP contribution in [0.1, 0.15) is 17.3 Å². The van der Waals surface area contributed by atoms with Crippen LogP contribution in [0.5, 0.6) is 5.75 Å². The SMILES string of the molecule is CCN(C(=O)c1cncc(Nc2cccc(OC)c2)c1)c1ccccc1. The van der Waals surface area contributed by atoms with Crippen molar-refractivity contribution < 1.29 is 9.53 Å². The van der Waals surface area contributed by atoms with Crippen molar-refractivity contribution in [3.05, 3.63) is 78.6 Å². The minimum Gasteiger partial charge on any atom is -0.497 e. The topological polar surface area (TPSA) is 54.5 Å². The van der Waals surface area contributed by atoms with Gasteiger partial charge in [-0.15, -0.1) is 0 Å². The maximum absolute atomic E-state index is 12.9. The number of ether oxygens (including phenoxy) is 1. The van der Waals surface area contributed by atoms with Gasteiger partial charge in [-0.3, -0.25) is 9.78 Å². The number of pyridine rings is 1. The molecule has 3 rings (SSSR count). The normalized spacial score (nSPS) is 10.2. The molecular formula is C21H21N3O2. The Morgan fingerprint density at radius 2 is 1.85 bits per heavy atom. The summed E-state index contributed by atoms with van der Waals surface area (Å²) in [5.74, 6) is 0.678. The van der Waals surface area contributed by atoms with Crippen LogP contribution in [0.3, 0.4) is 0 Å². The van der Waals surface area contributed by atoms with Crippen molar-refractivity contribution in [2.24, 2.45) is 0 Å². The Morgan fingerprint density at radius 3 is 2.58 bits per heavy atom. The maximum Gasteiger partial charge on any atom is 0.259 e. The van der Waals surface area contributed by atoms with Crippen molar-refractivity contribution in [1.82, 2.24) is 4.98 Å². The molecule has 5 nitrogen and oxygen atoms in total. The van der Waals surface area contributed by atoms with Crippen LogP contribution in [0.15, 0.2) is 73.1 Å². The van der Waals surface area contributed by atoms with Gasteiger partial charge in [0, 0.05) is 30.2 Å². The quantitative estimate of drug-likeness (QED) is 0.713. The molecular weight excluding hydrogens is 326 g/mol. The zero-order chi connectivity index (χ0) is 18.4. The van der Waals surface area contributed by atoms with Gasteiger partial charge in [0.05, 0.1) is 24.6 Å². The maximum atomic E-state index is 12.9. The van der Waals surface area contributed by atoms with Gasteiger partial charge in [0.25, 0.3) is 5.91 Å². The summed E-state index contributed by atoms with van der Waals surface area (Å²) >= 11 is 0. The standard InChI is InChI=1S/C21H21N3O2/c1-3-24(19-9-5-4-6-10-19)21(25)16-12-18(15-22-14-16)23-17-8-7-11-20(13-17)26-2/h4-15,23H,3H2,1-2H3. The van der Waals surface area contributed by atoms with E-state index >= 15 is 0 Å². The van der Waals surface area contributed by atoms with E-state index in [1.54, 1.807) is 30.5 Å². The number of carbonyl (C=O) groups is 1. The van der Waals surface area contributed by atoms with Gasteiger partial charge in [0.1, 0.15) is 5.75 Å². The number of hydrogen-bond acceptors (Lipinski definition) is 4. The second-order valence-corrected chi connectivity index (χ2v) is 5.70. The summed E-state index contributed by atoms with van der Waals surface area (Å²) in [6, 6.07) is 19.0. The highest BCUT2D eigenvalue weighted by molar-refractivity contribution is 6.06. The van der Waals surface area contributed by atoms with Gasteiger partial charge in [-0.1, -0.05) is 24.3 Å². The van der Waals surface area contributed by atoms with Crippen LogP contribution in [-0.4, -0.2) is 24.5 Å². The predicted molar refractivity (Wildman–Crippen MR) is 104 cm³/mol. The zero-order valence-electron chi connectivity index (χ0n) is 14.8. The highest BCUT2D eigenvalue weighted by atomic mass is 16.5. The van der Waals surface area contributed by atoms with Crippen molar-refractivity contribution in [2.45, 2.75) is 6.92 Å². The first-order valence-corrected chi connectivity index (χ1v) is 8.44. The largest absolute Gasteiger partial charge is 0.497 e. The zero-order valence-corrected chi connectivity index (χ0v) is 14.8. The van der Waals surface area contributed by atoms with E-state index in [1.807, 2.05) is 61.5 Å². The molecule has 0 aliphatic rings. The van der Waals surface area contributed by atoms with E-state index in [0.717, 1.165) is 22.8 Å². The molecule has 2 aromatic carbocycles. The molecule has 26 heavy (non-hydrogen) atoms. The molecule has 3 aromatic rings. The fourth-order valence-electron chi connectivity index (χ4n) is 2.70. The number of rotatable bonds is 6. The Labute approximate surface area is 153 Å². The molecule has 0 unspecified atom stereocenters. The van der Waals surface area contributed by atoms with E-state index < -0.39 is 0 Å². The molecule has 1 amide bonds. The van der Waals surface area contributed by atoms with Gasteiger partial charge in [-0.05, 0) is 37.3 Å². The summed E-state index contributed by atoms with van der Waals surface area (Å²) in [6.45, 7) is 2.53. The van der Waals surface area contributed by atoms with Crippen molar-refractivity contribution in [3.8, 4) is 5.75 Å². The van der Waals surface area contributed by atoms with Gasteiger partial charge in [0.15, 0.2) is 0 Å². The fraction of sp³-hybridized carbons (Fsp3) is 0.143. The number of benzene rings is 2. The van der Waals surface area contributed by atoms with Gasteiger partial charge >= 0.3 is 0 Å². The summed E-state index contributed by atoms with van der Waals surface area (Å²) in [7, 11) is 1.63. The Bertz CT molecular complexity index is 881. The van der Waals surface area contributed by atoms with E-state index in [4.69, 9.17) is 4.74 Å². The summed E-state index contributed by atoms with van der Waals surface area (Å²) in [4.78, 5) is 18.9. The minimum absolute atomic E-state index is 0.0829. The number of nitrogens with one attached hydrogen (secondary N) is 1. The number of nitrogens with zero attached hydrogens (tertiary/aromatic N) is 2. The Morgan fingerprint density at radius 1 is 1.04 bits per heavy atom. The number of methoxy groups -OCH3 is 1. The van der Waals surface area contributed by atoms with Crippen LogP contribution in [0, 0.1) is 0 Å². The monoisotopic (exact) mass is 347 g/mol. The lowest BCUT2D eigenvalue weighted by molar-refractivity contribution is 0.0988. The Balaban J connectivity index is 1.83. The number of amides is 1. The lowest BCUT2D eigenvalue weighted by Crippen LogP contribution is -2.30. The molecule has 1 heterocycles. The third kappa shape index (κ3) is 4.00. The Hall–Kier alpha value is -3.34. The van der Waals surface area contributed by atoms with Crippen LogP contribution in [0.2, 0.25) is 0 Å². The molecule has 0 bridgehead atoms. The summed E-state index contributed by atoms with van der Waals surface area (Å²) in [5.41, 5.74) is 3.01. The first kappa shape index (κ1) is 17.5. The second kappa shape index (κ2) is 8.16. The second-order valence-electron chi connectivity index (χ2n) is 5.70. The van der Waals surface area contributed by atoms with Crippen LogP contribution in [0.25, 0.3) is 0 Å². The predicted octanol–water partition coefficient (Wildman–Crippen LogP) is 4.50. The average molecular weight is 347 g/mol. The van der Waals surface area contributed by atoms with E-state index in [2.05, 4.69) is 10.3 Å². The molecule has 1 aromatic heterocycles. The van der Waals surface area contributed by atoms with Crippen LogP contribution in [0.4, 0.5) is 17.1 Å². The lowest BCUT2D eigenvalue weighted by atomic mass is 10.2. The summed E-state index contributed by atoms with van der Waals surface area (Å²) in [6.07, 6.45) is 3.28. The lowest BCUT2D eigenvalue weighted by Gasteiger charge is -2.21. The molecule has 132 valence electrons. The first-order valence-electron chi connectivity index (χ1n) is 8.44. The molecule has 5 heteroatoms. The number of anilines is 3. The van der Waals surface area contributed by atoms with Crippen molar-refractivity contribution in [2.75, 3.05) is 23.9 Å². The molecule has 0 aliphatic carbocycles. The average Bonchev–Trinajstić information content (AvgIpc) is 2.69. The molecule has 0 spiro atoms. The molecule has 0 fully saturated rings. The van der Waals surface area contributed by atoms with Crippen LogP contribution < -0.4 is 15.0 Å². The molecule has 0 aliphatic heterocycles. The van der Waals surface area contributed by atoms with E-state index in [9.17, 15) is 4.79 Å². The third-order valence-electron chi connectivity index (χ3n) is 3.97. The Kier molecular flexibility index (Phi) is 5.49. The first-order chi connectivity index (χ1) is 12.7. The van der Waals surface area contributed by atoms with Crippen molar-refractivity contribution in [3.63, 3.8) is 0 Å². The van der Waals surface area contributed by atoms with Crippen LogP contribution in [-0.2, 0) is 0 Å². The van der Waals surface area contributed by atoms with Crippen molar-refractivity contribution in [1.29, 1.82) is 0 Å². The van der Waals surface area contributed by atoms with Crippen molar-refractivity contribution >= 4 is 23.0 Å². The highest BCUT2D eigenvalue weighted by Gasteiger charge is 2.16. The van der Waals surface area contributed by atoms with Gasteiger partial charge in [0.2, 0.25) is 0 Å². The summed E-state index contributed by atoms with van der Waals surface area (Å²) < 4.78 is 5.23. The summed E-state index contributed by atoms with van der Waals surface area (Å²) in [5, 5.41) is 3.26. The van der Waals surface area contributed by atoms with Gasteiger partial charge in [-0.2, -0.15) is 0 Å². The minimum atomic E-state index is -0.0829. The molecule has 1 N–H and O–H groups in total. The number of carbonyl (C=O) groups excluding carboxylic acids is 1. The van der Waals surface area contributed by atoms with E-state index in [0.29, 0.717) is 12.1 Å². The van der Waals surface area contributed by atoms with Crippen LogP contribution >= 0.6 is 0 Å². The van der Waals surface area contributed by atoms with E-state index in [1.165, 1.54) is 0 Å². The fourth-order valence-corrected chi connectivity index (χ4v) is 2.70. The van der Waals surface area contributed by atoms with E-state index in [-0.39, 0.29) is 5.91 Å². The molecule has 0 saturated heterocycles. The van der Waals surface area contributed by atoms with Gasteiger partial charge in [-0.25, -0.2) is 0 Å². The highest BCUT2D eigenvalue weighted by Crippen LogP contribution is 2.22. The number of hydrogen-bond donors (Lipinski definition) is 1. The number of para-hydroxylation sites is 1.